The van der Waals surface area contributed by atoms with Gasteiger partial charge < -0.3 is 0 Å². The highest BCUT2D eigenvalue weighted by atomic mass is 32.2. The Morgan fingerprint density at radius 2 is 2.00 bits per heavy atom. The number of benzene rings is 1. The fraction of sp³-hybridized carbons (Fsp3) is 0.625. The Morgan fingerprint density at radius 3 is 2.74 bits per heavy atom. The summed E-state index contributed by atoms with van der Waals surface area (Å²) in [6.07, 6.45) is 4.93. The Labute approximate surface area is 121 Å². The van der Waals surface area contributed by atoms with Crippen molar-refractivity contribution in [3.8, 4) is 0 Å². The average molecular weight is 276 g/mol. The first-order valence-electron chi connectivity index (χ1n) is 7.37. The van der Waals surface area contributed by atoms with Crippen molar-refractivity contribution in [2.24, 2.45) is 0 Å². The molecule has 2 fully saturated rings. The second-order valence-electron chi connectivity index (χ2n) is 5.92. The van der Waals surface area contributed by atoms with Gasteiger partial charge in [-0.1, -0.05) is 12.1 Å². The summed E-state index contributed by atoms with van der Waals surface area (Å²) in [5.74, 6) is 0. The van der Waals surface area contributed by atoms with E-state index in [9.17, 15) is 0 Å². The molecule has 2 atom stereocenters. The van der Waals surface area contributed by atoms with Gasteiger partial charge in [0, 0.05) is 36.6 Å². The molecule has 2 aliphatic rings. The highest BCUT2D eigenvalue weighted by molar-refractivity contribution is 7.98. The monoisotopic (exact) mass is 276 g/mol. The predicted molar refractivity (Wildman–Crippen MR) is 82.7 cm³/mol. The van der Waals surface area contributed by atoms with Crippen LogP contribution in [-0.4, -0.2) is 47.8 Å². The van der Waals surface area contributed by atoms with E-state index >= 15 is 0 Å². The highest BCUT2D eigenvalue weighted by Gasteiger charge is 2.34. The summed E-state index contributed by atoms with van der Waals surface area (Å²) in [5.41, 5.74) is 1.45. The van der Waals surface area contributed by atoms with E-state index in [1.807, 2.05) is 11.8 Å². The Hall–Kier alpha value is -0.510. The van der Waals surface area contributed by atoms with Crippen LogP contribution in [0.5, 0.6) is 0 Å². The SMILES string of the molecule is CSc1ccc(CN2C[C@@H]3CCCN3C[C@@H]2C)cc1. The summed E-state index contributed by atoms with van der Waals surface area (Å²) >= 11 is 1.82. The molecule has 0 N–H and O–H groups in total. The Kier molecular flexibility index (Phi) is 4.15. The van der Waals surface area contributed by atoms with Gasteiger partial charge in [-0.15, -0.1) is 11.8 Å². The van der Waals surface area contributed by atoms with Crippen molar-refractivity contribution in [2.75, 3.05) is 25.9 Å². The fourth-order valence-corrected chi connectivity index (χ4v) is 3.84. The molecule has 104 valence electrons. The molecule has 0 aliphatic carbocycles. The molecule has 0 unspecified atom stereocenters. The quantitative estimate of drug-likeness (QED) is 0.783. The van der Waals surface area contributed by atoms with Crippen LogP contribution in [0.3, 0.4) is 0 Å². The van der Waals surface area contributed by atoms with E-state index in [0.29, 0.717) is 6.04 Å². The molecule has 0 bridgehead atoms. The van der Waals surface area contributed by atoms with Crippen LogP contribution in [0.1, 0.15) is 25.3 Å². The minimum atomic E-state index is 0.689. The van der Waals surface area contributed by atoms with E-state index in [1.165, 1.54) is 42.9 Å². The molecule has 0 aromatic heterocycles. The third-order valence-electron chi connectivity index (χ3n) is 4.61. The van der Waals surface area contributed by atoms with Crippen molar-refractivity contribution < 1.29 is 0 Å². The molecule has 0 amide bonds. The van der Waals surface area contributed by atoms with E-state index in [4.69, 9.17) is 0 Å². The summed E-state index contributed by atoms with van der Waals surface area (Å²) in [4.78, 5) is 6.72. The maximum Gasteiger partial charge on any atom is 0.0237 e. The lowest BCUT2D eigenvalue weighted by Gasteiger charge is -2.42. The second kappa shape index (κ2) is 5.86. The van der Waals surface area contributed by atoms with Gasteiger partial charge in [-0.25, -0.2) is 0 Å². The molecule has 0 radical (unpaired) electrons. The summed E-state index contributed by atoms with van der Waals surface area (Å²) in [6, 6.07) is 10.6. The van der Waals surface area contributed by atoms with Crippen molar-refractivity contribution in [1.82, 2.24) is 9.80 Å². The number of thioether (sulfide) groups is 1. The van der Waals surface area contributed by atoms with Gasteiger partial charge in [0.1, 0.15) is 0 Å². The summed E-state index contributed by atoms with van der Waals surface area (Å²) in [5, 5.41) is 0. The van der Waals surface area contributed by atoms with E-state index in [1.54, 1.807) is 0 Å². The summed E-state index contributed by atoms with van der Waals surface area (Å²) < 4.78 is 0. The molecule has 2 heterocycles. The standard InChI is InChI=1S/C16H24N2S/c1-13-10-17-9-3-4-15(17)12-18(13)11-14-5-7-16(19-2)8-6-14/h5-8,13,15H,3-4,9-12H2,1-2H3/t13-,15-/m0/s1. The Bertz CT molecular complexity index is 417. The normalized spacial score (nSPS) is 28.5. The maximum atomic E-state index is 2.69. The number of rotatable bonds is 3. The van der Waals surface area contributed by atoms with Gasteiger partial charge >= 0.3 is 0 Å². The van der Waals surface area contributed by atoms with Gasteiger partial charge in [-0.05, 0) is 50.3 Å². The zero-order chi connectivity index (χ0) is 13.2. The molecule has 2 saturated heterocycles. The molecular weight excluding hydrogens is 252 g/mol. The van der Waals surface area contributed by atoms with Gasteiger partial charge in [-0.3, -0.25) is 9.80 Å². The topological polar surface area (TPSA) is 6.48 Å². The number of hydrogen-bond acceptors (Lipinski definition) is 3. The average Bonchev–Trinajstić information content (AvgIpc) is 2.87. The van der Waals surface area contributed by atoms with Crippen molar-refractivity contribution in [3.63, 3.8) is 0 Å². The number of hydrogen-bond donors (Lipinski definition) is 0. The van der Waals surface area contributed by atoms with Crippen LogP contribution < -0.4 is 0 Å². The van der Waals surface area contributed by atoms with Crippen LogP contribution in [0, 0.1) is 0 Å². The van der Waals surface area contributed by atoms with Crippen LogP contribution in [-0.2, 0) is 6.54 Å². The van der Waals surface area contributed by atoms with Gasteiger partial charge in [0.25, 0.3) is 0 Å². The minimum Gasteiger partial charge on any atom is -0.298 e. The molecule has 1 aromatic carbocycles. The van der Waals surface area contributed by atoms with E-state index in [2.05, 4.69) is 47.2 Å². The first-order chi connectivity index (χ1) is 9.26. The second-order valence-corrected chi connectivity index (χ2v) is 6.80. The van der Waals surface area contributed by atoms with Gasteiger partial charge in [0.05, 0.1) is 0 Å². The van der Waals surface area contributed by atoms with Gasteiger partial charge in [-0.2, -0.15) is 0 Å². The van der Waals surface area contributed by atoms with Crippen LogP contribution in [0.25, 0.3) is 0 Å². The third-order valence-corrected chi connectivity index (χ3v) is 5.35. The van der Waals surface area contributed by atoms with Crippen LogP contribution in [0.4, 0.5) is 0 Å². The van der Waals surface area contributed by atoms with Crippen molar-refractivity contribution in [3.05, 3.63) is 29.8 Å². The minimum absolute atomic E-state index is 0.689. The maximum absolute atomic E-state index is 2.69. The first kappa shape index (κ1) is 13.5. The van der Waals surface area contributed by atoms with Crippen molar-refractivity contribution in [1.29, 1.82) is 0 Å². The highest BCUT2D eigenvalue weighted by Crippen LogP contribution is 2.26. The Balaban J connectivity index is 1.64. The molecule has 3 heteroatoms. The lowest BCUT2D eigenvalue weighted by atomic mass is 10.1. The molecular formula is C16H24N2S. The molecule has 0 saturated carbocycles. The summed E-state index contributed by atoms with van der Waals surface area (Å²) in [6.45, 7) is 7.33. The molecule has 2 nitrogen and oxygen atoms in total. The van der Waals surface area contributed by atoms with Crippen LogP contribution >= 0.6 is 11.8 Å². The van der Waals surface area contributed by atoms with E-state index < -0.39 is 0 Å². The van der Waals surface area contributed by atoms with Crippen LogP contribution in [0.15, 0.2) is 29.2 Å². The largest absolute Gasteiger partial charge is 0.298 e. The zero-order valence-electron chi connectivity index (χ0n) is 12.0. The Morgan fingerprint density at radius 1 is 1.21 bits per heavy atom. The number of fused-ring (bicyclic) bond motifs is 1. The zero-order valence-corrected chi connectivity index (χ0v) is 12.8. The fourth-order valence-electron chi connectivity index (χ4n) is 3.43. The molecule has 19 heavy (non-hydrogen) atoms. The van der Waals surface area contributed by atoms with Crippen molar-refractivity contribution >= 4 is 11.8 Å². The van der Waals surface area contributed by atoms with Crippen LogP contribution in [0.2, 0.25) is 0 Å². The van der Waals surface area contributed by atoms with E-state index in [0.717, 1.165) is 12.6 Å². The number of piperazine rings is 1. The third kappa shape index (κ3) is 2.99. The smallest absolute Gasteiger partial charge is 0.0237 e. The van der Waals surface area contributed by atoms with Gasteiger partial charge in [0.2, 0.25) is 0 Å². The molecule has 2 aliphatic heterocycles. The molecule has 3 rings (SSSR count). The molecule has 0 spiro atoms. The van der Waals surface area contributed by atoms with E-state index in [-0.39, 0.29) is 0 Å². The summed E-state index contributed by atoms with van der Waals surface area (Å²) in [7, 11) is 0. The van der Waals surface area contributed by atoms with Crippen molar-refractivity contribution in [2.45, 2.75) is 43.3 Å². The van der Waals surface area contributed by atoms with Gasteiger partial charge in [0.15, 0.2) is 0 Å². The lowest BCUT2D eigenvalue weighted by Crippen LogP contribution is -2.54. The number of nitrogens with zero attached hydrogens (tertiary/aromatic N) is 2. The lowest BCUT2D eigenvalue weighted by molar-refractivity contribution is 0.0540. The first-order valence-corrected chi connectivity index (χ1v) is 8.60. The predicted octanol–water partition coefficient (Wildman–Crippen LogP) is 3.08. The molecule has 1 aromatic rings.